The van der Waals surface area contributed by atoms with Crippen molar-refractivity contribution in [2.24, 2.45) is 0 Å². The third-order valence-electron chi connectivity index (χ3n) is 2.03. The fourth-order valence-electron chi connectivity index (χ4n) is 1.24. The number of nitrogens with zero attached hydrogens (tertiary/aromatic N) is 1. The van der Waals surface area contributed by atoms with Gasteiger partial charge in [-0.2, -0.15) is 4.39 Å². The smallest absolute Gasteiger partial charge is 0.217 e. The van der Waals surface area contributed by atoms with Crippen LogP contribution in [0.5, 0.6) is 0 Å². The van der Waals surface area contributed by atoms with Gasteiger partial charge in [0.2, 0.25) is 5.95 Å². The standard InChI is InChI=1S/C8H8ClFN2/c9-5-3-6(7-1-2-11-7)8(10)12-4-5/h3-4,7,11H,1-2H2/t7-/m0/s1. The van der Waals surface area contributed by atoms with E-state index in [0.717, 1.165) is 13.0 Å². The fraction of sp³-hybridized carbons (Fsp3) is 0.375. The summed E-state index contributed by atoms with van der Waals surface area (Å²) in [4.78, 5) is 3.54. The number of halogens is 2. The lowest BCUT2D eigenvalue weighted by Gasteiger charge is -2.27. The average Bonchev–Trinajstić information content (AvgIpc) is 1.93. The third kappa shape index (κ3) is 1.30. The number of hydrogen-bond donors (Lipinski definition) is 1. The Morgan fingerprint density at radius 3 is 3.00 bits per heavy atom. The molecule has 0 bridgehead atoms. The van der Waals surface area contributed by atoms with Crippen molar-refractivity contribution >= 4 is 11.6 Å². The summed E-state index contributed by atoms with van der Waals surface area (Å²) in [6, 6.07) is 1.73. The molecule has 0 amide bonds. The monoisotopic (exact) mass is 186 g/mol. The number of rotatable bonds is 1. The Hall–Kier alpha value is -0.670. The molecule has 1 aliphatic rings. The van der Waals surface area contributed by atoms with Crippen molar-refractivity contribution in [3.8, 4) is 0 Å². The lowest BCUT2D eigenvalue weighted by Crippen LogP contribution is -2.35. The summed E-state index contributed by atoms with van der Waals surface area (Å²) in [6.45, 7) is 0.941. The maximum Gasteiger partial charge on any atom is 0.217 e. The van der Waals surface area contributed by atoms with E-state index in [4.69, 9.17) is 11.6 Å². The first kappa shape index (κ1) is 7.95. The molecule has 1 atom stereocenters. The van der Waals surface area contributed by atoms with Gasteiger partial charge >= 0.3 is 0 Å². The Kier molecular flexibility index (Phi) is 1.98. The molecule has 0 radical (unpaired) electrons. The van der Waals surface area contributed by atoms with Gasteiger partial charge in [0.25, 0.3) is 0 Å². The van der Waals surface area contributed by atoms with Gasteiger partial charge in [-0.3, -0.25) is 0 Å². The summed E-state index contributed by atoms with van der Waals surface area (Å²) in [5.74, 6) is -0.420. The Bertz CT molecular complexity index is 299. The van der Waals surface area contributed by atoms with Crippen molar-refractivity contribution < 1.29 is 4.39 Å². The van der Waals surface area contributed by atoms with Crippen molar-refractivity contribution in [3.63, 3.8) is 0 Å². The van der Waals surface area contributed by atoms with Crippen LogP contribution in [0, 0.1) is 5.95 Å². The normalized spacial score (nSPS) is 22.0. The van der Waals surface area contributed by atoms with Gasteiger partial charge in [-0.25, -0.2) is 4.98 Å². The largest absolute Gasteiger partial charge is 0.310 e. The predicted octanol–water partition coefficient (Wildman–Crippen LogP) is 1.91. The van der Waals surface area contributed by atoms with Crippen LogP contribution in [0.15, 0.2) is 12.3 Å². The average molecular weight is 187 g/mol. The molecule has 1 saturated heterocycles. The van der Waals surface area contributed by atoms with Gasteiger partial charge in [0.15, 0.2) is 0 Å². The molecule has 4 heteroatoms. The quantitative estimate of drug-likeness (QED) is 0.678. The molecule has 1 N–H and O–H groups in total. The zero-order valence-electron chi connectivity index (χ0n) is 6.35. The van der Waals surface area contributed by atoms with Crippen molar-refractivity contribution in [3.05, 3.63) is 28.8 Å². The Balaban J connectivity index is 2.34. The van der Waals surface area contributed by atoms with E-state index in [2.05, 4.69) is 10.3 Å². The molecule has 0 spiro atoms. The molecule has 2 nitrogen and oxygen atoms in total. The summed E-state index contributed by atoms with van der Waals surface area (Å²) in [6.07, 6.45) is 2.28. The van der Waals surface area contributed by atoms with Gasteiger partial charge in [0, 0.05) is 17.8 Å². The highest BCUT2D eigenvalue weighted by molar-refractivity contribution is 6.30. The van der Waals surface area contributed by atoms with Crippen LogP contribution >= 0.6 is 11.6 Å². The SMILES string of the molecule is Fc1ncc(Cl)cc1[C@@H]1CCN1. The number of aromatic nitrogens is 1. The highest BCUT2D eigenvalue weighted by Gasteiger charge is 2.22. The second-order valence-corrected chi connectivity index (χ2v) is 3.27. The lowest BCUT2D eigenvalue weighted by molar-refractivity contribution is 0.366. The Morgan fingerprint density at radius 2 is 2.42 bits per heavy atom. The Morgan fingerprint density at radius 1 is 1.67 bits per heavy atom. The molecular formula is C8H8ClFN2. The van der Waals surface area contributed by atoms with Gasteiger partial charge in [0.1, 0.15) is 0 Å². The van der Waals surface area contributed by atoms with E-state index < -0.39 is 5.95 Å². The van der Waals surface area contributed by atoms with E-state index in [1.54, 1.807) is 6.07 Å². The number of hydrogen-bond acceptors (Lipinski definition) is 2. The second kappa shape index (κ2) is 2.99. The molecule has 2 rings (SSSR count). The first-order chi connectivity index (χ1) is 5.77. The molecule has 64 valence electrons. The molecule has 1 fully saturated rings. The number of nitrogens with one attached hydrogen (secondary N) is 1. The first-order valence-corrected chi connectivity index (χ1v) is 4.19. The summed E-state index contributed by atoms with van der Waals surface area (Å²) in [7, 11) is 0. The molecular weight excluding hydrogens is 179 g/mol. The van der Waals surface area contributed by atoms with Crippen molar-refractivity contribution in [2.45, 2.75) is 12.5 Å². The van der Waals surface area contributed by atoms with Crippen LogP contribution in [0.3, 0.4) is 0 Å². The molecule has 12 heavy (non-hydrogen) atoms. The minimum atomic E-state index is -0.420. The summed E-state index contributed by atoms with van der Waals surface area (Å²) in [5, 5.41) is 3.58. The van der Waals surface area contributed by atoms with E-state index in [1.807, 2.05) is 0 Å². The van der Waals surface area contributed by atoms with Crippen LogP contribution < -0.4 is 5.32 Å². The Labute approximate surface area is 74.8 Å². The molecule has 1 aromatic rings. The zero-order valence-corrected chi connectivity index (χ0v) is 7.11. The zero-order chi connectivity index (χ0) is 8.55. The van der Waals surface area contributed by atoms with Crippen molar-refractivity contribution in [1.82, 2.24) is 10.3 Å². The van der Waals surface area contributed by atoms with Gasteiger partial charge < -0.3 is 5.32 Å². The maximum absolute atomic E-state index is 13.0. The van der Waals surface area contributed by atoms with Gasteiger partial charge in [-0.15, -0.1) is 0 Å². The molecule has 0 unspecified atom stereocenters. The van der Waals surface area contributed by atoms with E-state index in [-0.39, 0.29) is 6.04 Å². The summed E-state index contributed by atoms with van der Waals surface area (Å²) in [5.41, 5.74) is 0.578. The van der Waals surface area contributed by atoms with E-state index in [9.17, 15) is 4.39 Å². The third-order valence-corrected chi connectivity index (χ3v) is 2.24. The van der Waals surface area contributed by atoms with Crippen LogP contribution in [-0.4, -0.2) is 11.5 Å². The highest BCUT2D eigenvalue weighted by Crippen LogP contribution is 2.26. The topological polar surface area (TPSA) is 24.9 Å². The van der Waals surface area contributed by atoms with Gasteiger partial charge in [-0.1, -0.05) is 11.6 Å². The van der Waals surface area contributed by atoms with Gasteiger partial charge in [0.05, 0.1) is 5.02 Å². The predicted molar refractivity (Wildman–Crippen MR) is 44.6 cm³/mol. The van der Waals surface area contributed by atoms with Crippen molar-refractivity contribution in [2.75, 3.05) is 6.54 Å². The fourth-order valence-corrected chi connectivity index (χ4v) is 1.40. The molecule has 1 aromatic heterocycles. The minimum Gasteiger partial charge on any atom is -0.310 e. The maximum atomic E-state index is 13.0. The van der Waals surface area contributed by atoms with E-state index >= 15 is 0 Å². The van der Waals surface area contributed by atoms with Crippen molar-refractivity contribution in [1.29, 1.82) is 0 Å². The number of pyridine rings is 1. The van der Waals surface area contributed by atoms with Gasteiger partial charge in [-0.05, 0) is 19.0 Å². The lowest BCUT2D eigenvalue weighted by atomic mass is 10.00. The molecule has 1 aliphatic heterocycles. The van der Waals surface area contributed by atoms with E-state index in [1.165, 1.54) is 6.20 Å². The molecule has 0 aromatic carbocycles. The molecule has 0 saturated carbocycles. The molecule has 2 heterocycles. The first-order valence-electron chi connectivity index (χ1n) is 3.81. The minimum absolute atomic E-state index is 0.108. The van der Waals surface area contributed by atoms with Crippen LogP contribution in [0.1, 0.15) is 18.0 Å². The van der Waals surface area contributed by atoms with E-state index in [0.29, 0.717) is 10.6 Å². The summed E-state index contributed by atoms with van der Waals surface area (Å²) < 4.78 is 13.0. The van der Waals surface area contributed by atoms with Crippen LogP contribution in [-0.2, 0) is 0 Å². The van der Waals surface area contributed by atoms with Crippen LogP contribution in [0.4, 0.5) is 4.39 Å². The molecule has 0 aliphatic carbocycles. The summed E-state index contributed by atoms with van der Waals surface area (Å²) >= 11 is 5.69. The highest BCUT2D eigenvalue weighted by atomic mass is 35.5. The van der Waals surface area contributed by atoms with Crippen LogP contribution in [0.2, 0.25) is 5.02 Å². The van der Waals surface area contributed by atoms with Crippen LogP contribution in [0.25, 0.3) is 0 Å². The second-order valence-electron chi connectivity index (χ2n) is 2.83.